The molecule has 0 aliphatic rings. The number of para-hydroxylation sites is 1. The number of aromatic nitrogens is 2. The predicted octanol–water partition coefficient (Wildman–Crippen LogP) is 5.22. The molecule has 1 amide bonds. The number of hydrogen-bond acceptors (Lipinski definition) is 4. The molecule has 142 valence electrons. The van der Waals surface area contributed by atoms with Gasteiger partial charge in [0.15, 0.2) is 5.13 Å². The number of carboxylic acid groups (broad SMARTS) is 1. The van der Waals surface area contributed by atoms with Crippen LogP contribution < -0.4 is 5.32 Å². The Balaban J connectivity index is 2.05. The fraction of sp³-hybridized carbons (Fsp3) is 0.190. The first kappa shape index (κ1) is 18.2. The average Bonchev–Trinajstić information content (AvgIpc) is 3.21. The number of carbonyl (C=O) groups is 2. The van der Waals surface area contributed by atoms with E-state index in [4.69, 9.17) is 0 Å². The zero-order valence-corrected chi connectivity index (χ0v) is 16.5. The van der Waals surface area contributed by atoms with E-state index in [1.807, 2.05) is 36.4 Å². The molecule has 6 nitrogen and oxygen atoms in total. The summed E-state index contributed by atoms with van der Waals surface area (Å²) in [5.41, 5.74) is 4.22. The monoisotopic (exact) mass is 393 g/mol. The van der Waals surface area contributed by atoms with E-state index in [1.165, 1.54) is 18.3 Å². The topological polar surface area (TPSA) is 95.1 Å². The Kier molecular flexibility index (Phi) is 4.39. The third-order valence-corrected chi connectivity index (χ3v) is 5.69. The van der Waals surface area contributed by atoms with Crippen molar-refractivity contribution in [2.75, 3.05) is 5.32 Å². The number of aromatic amines is 1. The quantitative estimate of drug-likeness (QED) is 0.443. The second-order valence-electron chi connectivity index (χ2n) is 6.96. The van der Waals surface area contributed by atoms with E-state index in [2.05, 4.69) is 29.1 Å². The number of thiazole rings is 1. The van der Waals surface area contributed by atoms with Gasteiger partial charge in [0.2, 0.25) is 5.91 Å². The zero-order valence-electron chi connectivity index (χ0n) is 15.7. The molecule has 0 spiro atoms. The second kappa shape index (κ2) is 6.76. The third-order valence-electron chi connectivity index (χ3n) is 4.67. The Morgan fingerprint density at radius 3 is 2.61 bits per heavy atom. The van der Waals surface area contributed by atoms with Gasteiger partial charge < -0.3 is 15.4 Å². The Morgan fingerprint density at radius 1 is 1.18 bits per heavy atom. The summed E-state index contributed by atoms with van der Waals surface area (Å²) in [6.45, 7) is 5.60. The van der Waals surface area contributed by atoms with Crippen LogP contribution in [0.3, 0.4) is 0 Å². The van der Waals surface area contributed by atoms with Crippen molar-refractivity contribution in [3.05, 3.63) is 47.7 Å². The summed E-state index contributed by atoms with van der Waals surface area (Å²) in [6, 6.07) is 11.5. The molecule has 0 fully saturated rings. The molecule has 0 atom stereocenters. The number of benzene rings is 2. The minimum atomic E-state index is -1.01. The number of anilines is 1. The van der Waals surface area contributed by atoms with Crippen molar-refractivity contribution < 1.29 is 14.7 Å². The molecular weight excluding hydrogens is 374 g/mol. The molecule has 0 aliphatic heterocycles. The zero-order chi connectivity index (χ0) is 20.0. The predicted molar refractivity (Wildman–Crippen MR) is 112 cm³/mol. The van der Waals surface area contributed by atoms with Crippen molar-refractivity contribution in [2.24, 2.45) is 0 Å². The molecule has 0 radical (unpaired) electrons. The van der Waals surface area contributed by atoms with E-state index >= 15 is 0 Å². The van der Waals surface area contributed by atoms with Gasteiger partial charge in [0.05, 0.1) is 15.7 Å². The van der Waals surface area contributed by atoms with Gasteiger partial charge in [-0.3, -0.25) is 4.79 Å². The molecule has 2 aromatic heterocycles. The lowest BCUT2D eigenvalue weighted by atomic mass is 9.96. The smallest absolute Gasteiger partial charge is 0.352 e. The summed E-state index contributed by atoms with van der Waals surface area (Å²) < 4.78 is 0.838. The van der Waals surface area contributed by atoms with E-state index in [9.17, 15) is 14.7 Å². The fourth-order valence-electron chi connectivity index (χ4n) is 3.51. The number of H-pyrrole nitrogens is 1. The standard InChI is InChI=1S/C21H19N3O3S/c1-10(2)12-6-4-7-13-16(18(20(26)27)24-17(12)13)14-8-5-9-15-19(14)28-21(23-15)22-11(3)25/h4-10,24H,1-3H3,(H,26,27)(H,22,23,25). The summed E-state index contributed by atoms with van der Waals surface area (Å²) in [4.78, 5) is 31.0. The van der Waals surface area contributed by atoms with Crippen molar-refractivity contribution in [2.45, 2.75) is 26.7 Å². The first-order valence-electron chi connectivity index (χ1n) is 8.92. The fourth-order valence-corrected chi connectivity index (χ4v) is 4.54. The third kappa shape index (κ3) is 2.93. The number of aromatic carboxylic acids is 1. The molecule has 0 saturated carbocycles. The molecule has 4 rings (SSSR count). The number of nitrogens with one attached hydrogen (secondary N) is 2. The molecule has 7 heteroatoms. The summed E-state index contributed by atoms with van der Waals surface area (Å²) in [5, 5.41) is 13.9. The van der Waals surface area contributed by atoms with Crippen molar-refractivity contribution in [3.8, 4) is 11.1 Å². The van der Waals surface area contributed by atoms with Crippen LogP contribution >= 0.6 is 11.3 Å². The highest BCUT2D eigenvalue weighted by atomic mass is 32.1. The maximum atomic E-state index is 12.0. The van der Waals surface area contributed by atoms with Crippen molar-refractivity contribution in [1.29, 1.82) is 0 Å². The minimum absolute atomic E-state index is 0.157. The van der Waals surface area contributed by atoms with Crippen LogP contribution in [0.15, 0.2) is 36.4 Å². The minimum Gasteiger partial charge on any atom is -0.477 e. The number of fused-ring (bicyclic) bond motifs is 2. The Labute approximate surface area is 165 Å². The normalized spacial score (nSPS) is 11.4. The highest BCUT2D eigenvalue weighted by Crippen LogP contribution is 2.41. The Bertz CT molecular complexity index is 1240. The van der Waals surface area contributed by atoms with Crippen LogP contribution in [0.5, 0.6) is 0 Å². The maximum Gasteiger partial charge on any atom is 0.352 e. The summed E-state index contributed by atoms with van der Waals surface area (Å²) in [6.07, 6.45) is 0. The van der Waals surface area contributed by atoms with Crippen LogP contribution in [0.25, 0.3) is 32.2 Å². The van der Waals surface area contributed by atoms with Crippen LogP contribution in [0, 0.1) is 0 Å². The molecule has 0 unspecified atom stereocenters. The second-order valence-corrected chi connectivity index (χ2v) is 7.96. The number of hydrogen-bond donors (Lipinski definition) is 3. The van der Waals surface area contributed by atoms with Crippen LogP contribution in [0.2, 0.25) is 0 Å². The van der Waals surface area contributed by atoms with E-state index in [0.717, 1.165) is 32.2 Å². The van der Waals surface area contributed by atoms with E-state index in [1.54, 1.807) is 0 Å². The lowest BCUT2D eigenvalue weighted by Crippen LogP contribution is -2.04. The van der Waals surface area contributed by atoms with Crippen molar-refractivity contribution in [1.82, 2.24) is 9.97 Å². The molecule has 4 aromatic rings. The molecule has 2 heterocycles. The van der Waals surface area contributed by atoms with Crippen LogP contribution in [0.1, 0.15) is 42.7 Å². The van der Waals surface area contributed by atoms with Gasteiger partial charge >= 0.3 is 5.97 Å². The Morgan fingerprint density at radius 2 is 1.93 bits per heavy atom. The highest BCUT2D eigenvalue weighted by molar-refractivity contribution is 7.22. The first-order chi connectivity index (χ1) is 13.4. The van der Waals surface area contributed by atoms with E-state index in [-0.39, 0.29) is 17.5 Å². The van der Waals surface area contributed by atoms with Gasteiger partial charge in [0.25, 0.3) is 0 Å². The van der Waals surface area contributed by atoms with Crippen LogP contribution in [-0.4, -0.2) is 27.0 Å². The number of carboxylic acids is 1. The summed E-state index contributed by atoms with van der Waals surface area (Å²) in [5.74, 6) is -0.951. The number of carbonyl (C=O) groups excluding carboxylic acids is 1. The highest BCUT2D eigenvalue weighted by Gasteiger charge is 2.23. The molecule has 0 aliphatic carbocycles. The number of rotatable bonds is 4. The SMILES string of the molecule is CC(=O)Nc1nc2cccc(-c3c(C(=O)O)[nH]c4c(C(C)C)cccc34)c2s1. The molecule has 0 bridgehead atoms. The molecule has 2 aromatic carbocycles. The Hall–Kier alpha value is -3.19. The molecule has 28 heavy (non-hydrogen) atoms. The summed E-state index contributed by atoms with van der Waals surface area (Å²) in [7, 11) is 0. The molecular formula is C21H19N3O3S. The lowest BCUT2D eigenvalue weighted by molar-refractivity contribution is -0.114. The van der Waals surface area contributed by atoms with Gasteiger partial charge in [-0.25, -0.2) is 9.78 Å². The maximum absolute atomic E-state index is 12.0. The number of amides is 1. The van der Waals surface area contributed by atoms with Gasteiger partial charge in [-0.05, 0) is 17.5 Å². The largest absolute Gasteiger partial charge is 0.477 e. The van der Waals surface area contributed by atoms with Gasteiger partial charge in [0.1, 0.15) is 5.69 Å². The van der Waals surface area contributed by atoms with E-state index in [0.29, 0.717) is 10.7 Å². The summed E-state index contributed by atoms with van der Waals surface area (Å²) >= 11 is 1.34. The molecule has 3 N–H and O–H groups in total. The van der Waals surface area contributed by atoms with Crippen LogP contribution in [0.4, 0.5) is 5.13 Å². The average molecular weight is 393 g/mol. The number of nitrogens with zero attached hydrogens (tertiary/aromatic N) is 1. The van der Waals surface area contributed by atoms with Gasteiger partial charge in [-0.1, -0.05) is 55.5 Å². The van der Waals surface area contributed by atoms with Gasteiger partial charge in [-0.15, -0.1) is 0 Å². The first-order valence-corrected chi connectivity index (χ1v) is 9.74. The lowest BCUT2D eigenvalue weighted by Gasteiger charge is -2.07. The van der Waals surface area contributed by atoms with E-state index < -0.39 is 5.97 Å². The van der Waals surface area contributed by atoms with Gasteiger partial charge in [-0.2, -0.15) is 0 Å². The van der Waals surface area contributed by atoms with Crippen LogP contribution in [-0.2, 0) is 4.79 Å². The van der Waals surface area contributed by atoms with Gasteiger partial charge in [0, 0.05) is 23.4 Å². The van der Waals surface area contributed by atoms with Crippen molar-refractivity contribution >= 4 is 49.5 Å². The van der Waals surface area contributed by atoms with Crippen molar-refractivity contribution in [3.63, 3.8) is 0 Å². The molecule has 0 saturated heterocycles.